The average Bonchev–Trinajstić information content (AvgIpc) is 2.40. The summed E-state index contributed by atoms with van der Waals surface area (Å²) in [6, 6.07) is 0. The fourth-order valence-corrected chi connectivity index (χ4v) is 1.54. The Hall–Kier alpha value is -2.17. The zero-order valence-corrected chi connectivity index (χ0v) is 11.7. The van der Waals surface area contributed by atoms with Crippen molar-refractivity contribution in [3.63, 3.8) is 0 Å². The molecule has 0 spiro atoms. The van der Waals surface area contributed by atoms with Gasteiger partial charge in [-0.05, 0) is 20.3 Å². The number of hydrogen-bond donors (Lipinski definition) is 0. The summed E-state index contributed by atoms with van der Waals surface area (Å²) < 4.78 is 0. The van der Waals surface area contributed by atoms with Gasteiger partial charge in [0, 0.05) is 31.7 Å². The van der Waals surface area contributed by atoms with Crippen LogP contribution in [-0.2, 0) is 6.42 Å². The lowest BCUT2D eigenvalue weighted by atomic mass is 10.2. The van der Waals surface area contributed by atoms with Crippen LogP contribution in [0.3, 0.4) is 0 Å². The topological polar surface area (TPSA) is 68.6 Å². The second kappa shape index (κ2) is 7.31. The number of ketones is 1. The Bertz CT molecular complexity index is 555. The minimum atomic E-state index is -0.0365. The van der Waals surface area contributed by atoms with Crippen molar-refractivity contribution in [3.05, 3.63) is 47.6 Å². The molecule has 5 nitrogen and oxygen atoms in total. The van der Waals surface area contributed by atoms with Gasteiger partial charge in [0.15, 0.2) is 5.78 Å². The molecule has 19 heavy (non-hydrogen) atoms. The summed E-state index contributed by atoms with van der Waals surface area (Å²) in [7, 11) is 0. The number of rotatable bonds is 2. The lowest BCUT2D eigenvalue weighted by Gasteiger charge is -1.96. The summed E-state index contributed by atoms with van der Waals surface area (Å²) in [4.78, 5) is 26.8. The molecular weight excluding hydrogens is 240 g/mol. The van der Waals surface area contributed by atoms with E-state index in [1.807, 2.05) is 6.92 Å². The van der Waals surface area contributed by atoms with Crippen LogP contribution in [0.2, 0.25) is 0 Å². The molecule has 0 aliphatic carbocycles. The molecule has 2 aromatic rings. The van der Waals surface area contributed by atoms with E-state index in [1.165, 1.54) is 13.1 Å². The summed E-state index contributed by atoms with van der Waals surface area (Å²) in [5.74, 6) is -0.0365. The SMILES string of the molecule is CC(=O)c1nccnc1C.CCc1nccnc1C. The third-order valence-electron chi connectivity index (χ3n) is 2.53. The van der Waals surface area contributed by atoms with Crippen LogP contribution >= 0.6 is 0 Å². The molecule has 5 heteroatoms. The average molecular weight is 258 g/mol. The van der Waals surface area contributed by atoms with E-state index in [9.17, 15) is 4.79 Å². The van der Waals surface area contributed by atoms with Gasteiger partial charge in [0.1, 0.15) is 5.69 Å². The molecule has 0 atom stereocenters. The first-order valence-corrected chi connectivity index (χ1v) is 6.11. The third-order valence-corrected chi connectivity index (χ3v) is 2.53. The highest BCUT2D eigenvalue weighted by molar-refractivity contribution is 5.92. The third kappa shape index (κ3) is 4.54. The Labute approximate surface area is 113 Å². The van der Waals surface area contributed by atoms with Crippen LogP contribution in [0, 0.1) is 13.8 Å². The summed E-state index contributed by atoms with van der Waals surface area (Å²) in [6.45, 7) is 7.31. The molecule has 2 aromatic heterocycles. The molecule has 0 saturated carbocycles. The molecule has 0 unspecified atom stereocenters. The van der Waals surface area contributed by atoms with Crippen molar-refractivity contribution in [3.8, 4) is 0 Å². The van der Waals surface area contributed by atoms with Crippen LogP contribution in [0.5, 0.6) is 0 Å². The second-order valence-corrected chi connectivity index (χ2v) is 3.99. The van der Waals surface area contributed by atoms with Crippen LogP contribution < -0.4 is 0 Å². The van der Waals surface area contributed by atoms with E-state index in [-0.39, 0.29) is 5.78 Å². The Kier molecular flexibility index (Phi) is 5.73. The van der Waals surface area contributed by atoms with E-state index in [0.29, 0.717) is 11.4 Å². The molecule has 2 heterocycles. The fraction of sp³-hybridized carbons (Fsp3) is 0.357. The number of hydrogen-bond acceptors (Lipinski definition) is 5. The lowest BCUT2D eigenvalue weighted by Crippen LogP contribution is -2.00. The molecular formula is C14H18N4O. The normalized spacial score (nSPS) is 9.47. The second-order valence-electron chi connectivity index (χ2n) is 3.99. The van der Waals surface area contributed by atoms with E-state index in [1.54, 1.807) is 25.5 Å². The minimum Gasteiger partial charge on any atom is -0.293 e. The highest BCUT2D eigenvalue weighted by Crippen LogP contribution is 1.99. The van der Waals surface area contributed by atoms with Gasteiger partial charge >= 0.3 is 0 Å². The van der Waals surface area contributed by atoms with E-state index in [2.05, 4.69) is 26.9 Å². The van der Waals surface area contributed by atoms with Crippen LogP contribution in [0.15, 0.2) is 24.8 Å². The predicted octanol–water partition coefficient (Wildman–Crippen LogP) is 2.34. The van der Waals surface area contributed by atoms with E-state index < -0.39 is 0 Å². The molecule has 0 saturated heterocycles. The number of carbonyl (C=O) groups is 1. The van der Waals surface area contributed by atoms with Crippen molar-refractivity contribution < 1.29 is 4.79 Å². The first-order valence-electron chi connectivity index (χ1n) is 6.11. The molecule has 0 aromatic carbocycles. The number of aromatic nitrogens is 4. The fourth-order valence-electron chi connectivity index (χ4n) is 1.54. The smallest absolute Gasteiger partial charge is 0.179 e. The maximum absolute atomic E-state index is 10.8. The Morgan fingerprint density at radius 3 is 1.84 bits per heavy atom. The van der Waals surface area contributed by atoms with Crippen molar-refractivity contribution >= 4 is 5.78 Å². The van der Waals surface area contributed by atoms with Crippen molar-refractivity contribution in [2.45, 2.75) is 34.1 Å². The minimum absolute atomic E-state index is 0.0365. The highest BCUT2D eigenvalue weighted by atomic mass is 16.1. The molecule has 2 rings (SSSR count). The molecule has 100 valence electrons. The van der Waals surface area contributed by atoms with Crippen molar-refractivity contribution in [2.24, 2.45) is 0 Å². The predicted molar refractivity (Wildman–Crippen MR) is 72.9 cm³/mol. The zero-order valence-electron chi connectivity index (χ0n) is 11.7. The highest BCUT2D eigenvalue weighted by Gasteiger charge is 2.03. The zero-order chi connectivity index (χ0) is 14.3. The van der Waals surface area contributed by atoms with Gasteiger partial charge in [0.05, 0.1) is 17.1 Å². The Morgan fingerprint density at radius 1 is 0.947 bits per heavy atom. The summed E-state index contributed by atoms with van der Waals surface area (Å²) >= 11 is 0. The van der Waals surface area contributed by atoms with E-state index in [4.69, 9.17) is 0 Å². The number of Topliss-reactive ketones (excluding diaryl/α,β-unsaturated/α-hetero) is 1. The maximum Gasteiger partial charge on any atom is 0.179 e. The van der Waals surface area contributed by atoms with E-state index in [0.717, 1.165) is 17.8 Å². The van der Waals surface area contributed by atoms with Crippen LogP contribution in [0.25, 0.3) is 0 Å². The number of aryl methyl sites for hydroxylation is 3. The van der Waals surface area contributed by atoms with Crippen molar-refractivity contribution in [1.82, 2.24) is 19.9 Å². The standard InChI is InChI=1S/C7H8N2O.C7H10N2/c1-5-7(6(2)10)9-4-3-8-5;1-3-7-6(2)8-4-5-9-7/h3-4H,1-2H3;4-5H,3H2,1-2H3. The van der Waals surface area contributed by atoms with Crippen molar-refractivity contribution in [1.29, 1.82) is 0 Å². The Morgan fingerprint density at radius 2 is 1.47 bits per heavy atom. The monoisotopic (exact) mass is 258 g/mol. The number of carbonyl (C=O) groups excluding carboxylic acids is 1. The van der Waals surface area contributed by atoms with Gasteiger partial charge < -0.3 is 0 Å². The largest absolute Gasteiger partial charge is 0.293 e. The summed E-state index contributed by atoms with van der Waals surface area (Å²) in [5, 5.41) is 0. The van der Waals surface area contributed by atoms with Crippen LogP contribution in [-0.4, -0.2) is 25.7 Å². The summed E-state index contributed by atoms with van der Waals surface area (Å²) in [5.41, 5.74) is 3.29. The first-order chi connectivity index (χ1) is 9.06. The van der Waals surface area contributed by atoms with Gasteiger partial charge in [-0.25, -0.2) is 4.98 Å². The van der Waals surface area contributed by atoms with Gasteiger partial charge in [-0.2, -0.15) is 0 Å². The Balaban J connectivity index is 0.000000191. The lowest BCUT2D eigenvalue weighted by molar-refractivity contribution is 0.101. The van der Waals surface area contributed by atoms with Gasteiger partial charge in [-0.1, -0.05) is 6.92 Å². The van der Waals surface area contributed by atoms with E-state index >= 15 is 0 Å². The quantitative estimate of drug-likeness (QED) is 0.773. The van der Waals surface area contributed by atoms with Gasteiger partial charge in [0.2, 0.25) is 0 Å². The van der Waals surface area contributed by atoms with Gasteiger partial charge in [-0.15, -0.1) is 0 Å². The molecule has 0 N–H and O–H groups in total. The van der Waals surface area contributed by atoms with Gasteiger partial charge in [0.25, 0.3) is 0 Å². The summed E-state index contributed by atoms with van der Waals surface area (Å²) in [6.07, 6.45) is 7.51. The molecule has 0 radical (unpaired) electrons. The molecule has 0 aliphatic rings. The first kappa shape index (κ1) is 14.9. The van der Waals surface area contributed by atoms with Crippen LogP contribution in [0.4, 0.5) is 0 Å². The maximum atomic E-state index is 10.8. The number of nitrogens with zero attached hydrogens (tertiary/aromatic N) is 4. The molecule has 0 bridgehead atoms. The van der Waals surface area contributed by atoms with Crippen molar-refractivity contribution in [2.75, 3.05) is 0 Å². The molecule has 0 aliphatic heterocycles. The molecule has 0 fully saturated rings. The molecule has 0 amide bonds. The van der Waals surface area contributed by atoms with Crippen LogP contribution in [0.1, 0.15) is 41.4 Å². The van der Waals surface area contributed by atoms with Gasteiger partial charge in [-0.3, -0.25) is 19.7 Å².